The molecular formula is C24H19N3O4. The molecule has 0 saturated heterocycles. The maximum atomic E-state index is 12.7. The van der Waals surface area contributed by atoms with Crippen LogP contribution in [0.2, 0.25) is 0 Å². The van der Waals surface area contributed by atoms with Crippen LogP contribution in [0.3, 0.4) is 0 Å². The number of nitro groups is 1. The first kappa shape index (κ1) is 18.9. The summed E-state index contributed by atoms with van der Waals surface area (Å²) >= 11 is 0. The minimum absolute atomic E-state index is 0.0551. The number of non-ortho nitro benzene ring substituents is 1. The first-order valence-corrected chi connectivity index (χ1v) is 9.87. The van der Waals surface area contributed by atoms with Crippen molar-refractivity contribution in [2.75, 3.05) is 0 Å². The van der Waals surface area contributed by atoms with Crippen molar-refractivity contribution >= 4 is 39.7 Å². The zero-order valence-corrected chi connectivity index (χ0v) is 17.0. The normalized spacial score (nSPS) is 12.9. The molecule has 0 atom stereocenters. The van der Waals surface area contributed by atoms with E-state index in [0.29, 0.717) is 6.54 Å². The maximum absolute atomic E-state index is 12.7. The van der Waals surface area contributed by atoms with Crippen molar-refractivity contribution < 1.29 is 14.5 Å². The van der Waals surface area contributed by atoms with Crippen LogP contribution in [0.1, 0.15) is 22.3 Å². The van der Waals surface area contributed by atoms with Crippen molar-refractivity contribution in [2.24, 2.45) is 0 Å². The van der Waals surface area contributed by atoms with E-state index in [2.05, 4.69) is 31.0 Å². The highest BCUT2D eigenvalue weighted by Crippen LogP contribution is 2.37. The van der Waals surface area contributed by atoms with Crippen molar-refractivity contribution in [3.05, 3.63) is 87.1 Å². The van der Waals surface area contributed by atoms with Crippen LogP contribution in [0.25, 0.3) is 27.9 Å². The van der Waals surface area contributed by atoms with Gasteiger partial charge in [-0.15, -0.1) is 0 Å². The summed E-state index contributed by atoms with van der Waals surface area (Å²) in [4.78, 5) is 28.1. The molecule has 0 fully saturated rings. The van der Waals surface area contributed by atoms with Gasteiger partial charge in [0.15, 0.2) is 0 Å². The standard InChI is InChI=1S/C24H19N3O4/c1-14-20-13-26(24(28)31-17-9-7-16(8-10-17)27(29)30)12-11-18(20)15(2)23-22(14)19-5-3-4-6-21(19)25-23/h3-12,25H,13H2,1-2H3. The number of benzene rings is 3. The van der Waals surface area contributed by atoms with Gasteiger partial charge in [-0.2, -0.15) is 0 Å². The van der Waals surface area contributed by atoms with Gasteiger partial charge in [0, 0.05) is 34.6 Å². The summed E-state index contributed by atoms with van der Waals surface area (Å²) in [7, 11) is 0. The number of amides is 1. The van der Waals surface area contributed by atoms with E-state index in [-0.39, 0.29) is 11.4 Å². The Morgan fingerprint density at radius 3 is 2.58 bits per heavy atom. The highest BCUT2D eigenvalue weighted by atomic mass is 16.6. The van der Waals surface area contributed by atoms with Gasteiger partial charge in [0.1, 0.15) is 5.75 Å². The Kier molecular flexibility index (Phi) is 4.25. The SMILES string of the molecule is Cc1c2c(c(C)c3c1[nH]c1ccccc13)CN(C(=O)Oc1ccc([N+](=O)[O-])cc1)C=C2. The number of nitrogens with one attached hydrogen (secondary N) is 1. The van der Waals surface area contributed by atoms with E-state index in [1.807, 2.05) is 18.2 Å². The molecule has 3 aromatic carbocycles. The van der Waals surface area contributed by atoms with E-state index in [0.717, 1.165) is 38.7 Å². The summed E-state index contributed by atoms with van der Waals surface area (Å²) in [6, 6.07) is 13.7. The molecule has 7 nitrogen and oxygen atoms in total. The largest absolute Gasteiger partial charge is 0.419 e. The Morgan fingerprint density at radius 1 is 1.10 bits per heavy atom. The van der Waals surface area contributed by atoms with Crippen LogP contribution >= 0.6 is 0 Å². The molecule has 0 aliphatic carbocycles. The molecule has 0 saturated carbocycles. The second-order valence-electron chi connectivity index (χ2n) is 7.63. The lowest BCUT2D eigenvalue weighted by Gasteiger charge is -2.26. The number of carbonyl (C=O) groups is 1. The Bertz CT molecular complexity index is 1400. The molecule has 0 unspecified atom stereocenters. The number of hydrogen-bond donors (Lipinski definition) is 1. The lowest BCUT2D eigenvalue weighted by Crippen LogP contribution is -2.30. The molecular weight excluding hydrogens is 394 g/mol. The van der Waals surface area contributed by atoms with Gasteiger partial charge in [0.05, 0.1) is 17.0 Å². The van der Waals surface area contributed by atoms with E-state index in [1.54, 1.807) is 6.20 Å². The van der Waals surface area contributed by atoms with Gasteiger partial charge in [0.25, 0.3) is 5.69 Å². The van der Waals surface area contributed by atoms with E-state index in [1.165, 1.54) is 34.6 Å². The van der Waals surface area contributed by atoms with E-state index in [4.69, 9.17) is 4.74 Å². The second-order valence-corrected chi connectivity index (χ2v) is 7.63. The zero-order valence-electron chi connectivity index (χ0n) is 17.0. The highest BCUT2D eigenvalue weighted by Gasteiger charge is 2.24. The number of para-hydroxylation sites is 1. The number of aryl methyl sites for hydroxylation is 2. The van der Waals surface area contributed by atoms with Gasteiger partial charge >= 0.3 is 6.09 Å². The minimum atomic E-state index is -0.535. The predicted molar refractivity (Wildman–Crippen MR) is 119 cm³/mol. The van der Waals surface area contributed by atoms with Gasteiger partial charge in [-0.05, 0) is 60.4 Å². The summed E-state index contributed by atoms with van der Waals surface area (Å²) in [5.41, 5.74) is 6.61. The van der Waals surface area contributed by atoms with Crippen LogP contribution in [-0.2, 0) is 6.54 Å². The summed E-state index contributed by atoms with van der Waals surface area (Å²) in [5.74, 6) is 0.259. The average Bonchev–Trinajstić information content (AvgIpc) is 3.17. The average molecular weight is 413 g/mol. The van der Waals surface area contributed by atoms with Crippen LogP contribution in [0, 0.1) is 24.0 Å². The molecule has 1 amide bonds. The third-order valence-electron chi connectivity index (χ3n) is 5.87. The molecule has 0 spiro atoms. The maximum Gasteiger partial charge on any atom is 0.419 e. The number of H-pyrrole nitrogens is 1. The summed E-state index contributed by atoms with van der Waals surface area (Å²) in [5, 5.41) is 13.1. The molecule has 2 heterocycles. The fraction of sp³-hybridized carbons (Fsp3) is 0.125. The lowest BCUT2D eigenvalue weighted by atomic mass is 9.91. The minimum Gasteiger partial charge on any atom is -0.410 e. The second kappa shape index (κ2) is 6.98. The lowest BCUT2D eigenvalue weighted by molar-refractivity contribution is -0.384. The van der Waals surface area contributed by atoms with Crippen LogP contribution in [0.4, 0.5) is 10.5 Å². The summed E-state index contributed by atoms with van der Waals surface area (Å²) < 4.78 is 5.42. The van der Waals surface area contributed by atoms with Crippen LogP contribution < -0.4 is 4.74 Å². The van der Waals surface area contributed by atoms with Crippen molar-refractivity contribution in [3.63, 3.8) is 0 Å². The molecule has 0 radical (unpaired) electrons. The number of rotatable bonds is 2. The fourth-order valence-corrected chi connectivity index (χ4v) is 4.26. The first-order chi connectivity index (χ1) is 14.9. The molecule has 1 N–H and O–H groups in total. The predicted octanol–water partition coefficient (Wildman–Crippen LogP) is 5.83. The van der Waals surface area contributed by atoms with Crippen molar-refractivity contribution in [1.82, 2.24) is 9.88 Å². The number of aromatic nitrogens is 1. The number of carbonyl (C=O) groups excluding carboxylic acids is 1. The van der Waals surface area contributed by atoms with E-state index < -0.39 is 11.0 Å². The third-order valence-corrected chi connectivity index (χ3v) is 5.87. The number of ether oxygens (including phenoxy) is 1. The Labute approximate surface area is 177 Å². The van der Waals surface area contributed by atoms with Crippen molar-refractivity contribution in [3.8, 4) is 5.75 Å². The monoisotopic (exact) mass is 413 g/mol. The zero-order chi connectivity index (χ0) is 21.7. The van der Waals surface area contributed by atoms with Crippen molar-refractivity contribution in [1.29, 1.82) is 0 Å². The fourth-order valence-electron chi connectivity index (χ4n) is 4.26. The summed E-state index contributed by atoms with van der Waals surface area (Å²) in [6.07, 6.45) is 3.12. The molecule has 1 aliphatic heterocycles. The molecule has 1 aromatic heterocycles. The number of fused-ring (bicyclic) bond motifs is 4. The van der Waals surface area contributed by atoms with Gasteiger partial charge in [-0.3, -0.25) is 15.0 Å². The van der Waals surface area contributed by atoms with Gasteiger partial charge in [-0.1, -0.05) is 18.2 Å². The summed E-state index contributed by atoms with van der Waals surface area (Å²) in [6.45, 7) is 4.56. The highest BCUT2D eigenvalue weighted by molar-refractivity contribution is 6.11. The molecule has 154 valence electrons. The molecule has 1 aliphatic rings. The first-order valence-electron chi connectivity index (χ1n) is 9.87. The molecule has 7 heteroatoms. The molecule has 31 heavy (non-hydrogen) atoms. The molecule has 5 rings (SSSR count). The quantitative estimate of drug-likeness (QED) is 0.331. The smallest absolute Gasteiger partial charge is 0.410 e. The van der Waals surface area contributed by atoms with Gasteiger partial charge < -0.3 is 9.72 Å². The van der Waals surface area contributed by atoms with Crippen LogP contribution in [-0.4, -0.2) is 20.9 Å². The van der Waals surface area contributed by atoms with Crippen LogP contribution in [0.15, 0.2) is 54.7 Å². The number of hydrogen-bond acceptors (Lipinski definition) is 4. The Balaban J connectivity index is 1.48. The molecule has 0 bridgehead atoms. The number of nitrogens with zero attached hydrogens (tertiary/aromatic N) is 2. The Hall–Kier alpha value is -4.13. The third kappa shape index (κ3) is 3.02. The topological polar surface area (TPSA) is 88.5 Å². The number of aromatic amines is 1. The molecule has 4 aromatic rings. The van der Waals surface area contributed by atoms with Gasteiger partial charge in [-0.25, -0.2) is 4.79 Å². The van der Waals surface area contributed by atoms with E-state index >= 15 is 0 Å². The van der Waals surface area contributed by atoms with Crippen LogP contribution in [0.5, 0.6) is 5.75 Å². The number of nitro benzene ring substituents is 1. The Morgan fingerprint density at radius 2 is 1.84 bits per heavy atom. The van der Waals surface area contributed by atoms with Gasteiger partial charge in [0.2, 0.25) is 0 Å². The van der Waals surface area contributed by atoms with Crippen molar-refractivity contribution in [2.45, 2.75) is 20.4 Å². The van der Waals surface area contributed by atoms with E-state index in [9.17, 15) is 14.9 Å².